The molecule has 1 aliphatic rings. The van der Waals surface area contributed by atoms with Crippen molar-refractivity contribution < 1.29 is 19.1 Å². The van der Waals surface area contributed by atoms with Crippen molar-refractivity contribution >= 4 is 17.7 Å². The predicted molar refractivity (Wildman–Crippen MR) is 119 cm³/mol. The number of aryl methyl sites for hydroxylation is 1. The van der Waals surface area contributed by atoms with E-state index in [0.29, 0.717) is 24.3 Å². The highest BCUT2D eigenvalue weighted by Gasteiger charge is 2.47. The minimum absolute atomic E-state index is 0.251. The normalized spacial score (nSPS) is 19.3. The smallest absolute Gasteiger partial charge is 0.325 e. The number of ether oxygens (including phenoxy) is 1. The fourth-order valence-electron chi connectivity index (χ4n) is 3.71. The number of methoxy groups -OCH3 is 1. The number of nitrogens with zero attached hydrogens (tertiary/aromatic N) is 1. The third kappa shape index (κ3) is 4.95. The lowest BCUT2D eigenvalue weighted by molar-refractivity contribution is -0.130. The Kier molecular flexibility index (Phi) is 6.78. The van der Waals surface area contributed by atoms with Gasteiger partial charge in [-0.05, 0) is 55.4 Å². The van der Waals surface area contributed by atoms with Gasteiger partial charge in [-0.25, -0.2) is 4.79 Å². The lowest BCUT2D eigenvalue weighted by Gasteiger charge is -2.21. The molecule has 1 fully saturated rings. The summed E-state index contributed by atoms with van der Waals surface area (Å²) in [6, 6.07) is 14.5. The maximum absolute atomic E-state index is 13.0. The highest BCUT2D eigenvalue weighted by atomic mass is 16.5. The van der Waals surface area contributed by atoms with Gasteiger partial charge in [-0.3, -0.25) is 14.5 Å². The lowest BCUT2D eigenvalue weighted by atomic mass is 9.93. The quantitative estimate of drug-likeness (QED) is 0.482. The first-order chi connectivity index (χ1) is 14.8. The third-order valence-corrected chi connectivity index (χ3v) is 6.13. The van der Waals surface area contributed by atoms with Crippen LogP contribution in [0.4, 0.5) is 4.79 Å². The Morgan fingerprint density at radius 3 is 2.32 bits per heavy atom. The average molecular weight is 423 g/mol. The van der Waals surface area contributed by atoms with Crippen LogP contribution in [-0.2, 0) is 11.2 Å². The molecule has 0 bridgehead atoms. The largest absolute Gasteiger partial charge is 0.497 e. The molecule has 2 aromatic rings. The van der Waals surface area contributed by atoms with E-state index in [4.69, 9.17) is 4.74 Å². The van der Waals surface area contributed by atoms with Gasteiger partial charge in [-0.15, -0.1) is 0 Å². The molecule has 0 saturated carbocycles. The molecule has 2 atom stereocenters. The summed E-state index contributed by atoms with van der Waals surface area (Å²) in [6.07, 6.45) is 2.08. The Morgan fingerprint density at radius 2 is 1.74 bits per heavy atom. The second kappa shape index (κ2) is 9.33. The zero-order chi connectivity index (χ0) is 22.6. The van der Waals surface area contributed by atoms with Gasteiger partial charge in [0.15, 0.2) is 5.78 Å². The molecule has 0 unspecified atom stereocenters. The zero-order valence-corrected chi connectivity index (χ0v) is 18.6. The van der Waals surface area contributed by atoms with E-state index < -0.39 is 11.6 Å². The van der Waals surface area contributed by atoms with Gasteiger partial charge >= 0.3 is 6.03 Å². The Labute approximate surface area is 183 Å². The first-order valence-electron chi connectivity index (χ1n) is 10.7. The maximum atomic E-state index is 13.0. The summed E-state index contributed by atoms with van der Waals surface area (Å²) in [5, 5.41) is 2.77. The van der Waals surface area contributed by atoms with Crippen molar-refractivity contribution in [1.82, 2.24) is 10.2 Å². The molecule has 6 nitrogen and oxygen atoms in total. The molecule has 1 N–H and O–H groups in total. The molecule has 0 spiro atoms. The van der Waals surface area contributed by atoms with Crippen LogP contribution in [0.1, 0.15) is 61.0 Å². The highest BCUT2D eigenvalue weighted by molar-refractivity contribution is 6.11. The molecule has 1 aliphatic heterocycles. The van der Waals surface area contributed by atoms with Crippen molar-refractivity contribution in [2.24, 2.45) is 0 Å². The maximum Gasteiger partial charge on any atom is 0.325 e. The first-order valence-corrected chi connectivity index (χ1v) is 10.7. The third-order valence-electron chi connectivity index (χ3n) is 6.13. The second-order valence-electron chi connectivity index (χ2n) is 8.36. The fraction of sp³-hybridized carbons (Fsp3) is 0.400. The molecule has 3 rings (SSSR count). The van der Waals surface area contributed by atoms with Crippen molar-refractivity contribution in [2.75, 3.05) is 13.7 Å². The topological polar surface area (TPSA) is 75.7 Å². The minimum Gasteiger partial charge on any atom is -0.497 e. The number of urea groups is 1. The van der Waals surface area contributed by atoms with Gasteiger partial charge in [0.1, 0.15) is 11.3 Å². The van der Waals surface area contributed by atoms with Gasteiger partial charge in [0, 0.05) is 5.56 Å². The van der Waals surface area contributed by atoms with Crippen LogP contribution in [0, 0.1) is 0 Å². The van der Waals surface area contributed by atoms with E-state index in [0.717, 1.165) is 22.6 Å². The minimum atomic E-state index is -1.03. The van der Waals surface area contributed by atoms with Crippen molar-refractivity contribution in [3.05, 3.63) is 65.2 Å². The fourth-order valence-corrected chi connectivity index (χ4v) is 3.71. The van der Waals surface area contributed by atoms with E-state index in [-0.39, 0.29) is 18.2 Å². The van der Waals surface area contributed by atoms with Crippen LogP contribution in [0.25, 0.3) is 0 Å². The number of rotatable bonds is 9. The molecule has 3 amide bonds. The molecule has 0 aromatic heterocycles. The van der Waals surface area contributed by atoms with Crippen LogP contribution in [-0.4, -0.2) is 41.8 Å². The van der Waals surface area contributed by atoms with E-state index in [1.807, 2.05) is 36.4 Å². The number of nitrogens with one attached hydrogen (secondary N) is 1. The van der Waals surface area contributed by atoms with Gasteiger partial charge in [0.2, 0.25) is 0 Å². The van der Waals surface area contributed by atoms with Gasteiger partial charge in [0.05, 0.1) is 13.7 Å². The number of hydrogen-bond donors (Lipinski definition) is 1. The van der Waals surface area contributed by atoms with Crippen molar-refractivity contribution in [2.45, 2.75) is 51.5 Å². The average Bonchev–Trinajstić information content (AvgIpc) is 3.00. The number of carbonyl (C=O) groups is 3. The van der Waals surface area contributed by atoms with Crippen LogP contribution in [0.3, 0.4) is 0 Å². The molecule has 1 saturated heterocycles. The molecule has 0 radical (unpaired) electrons. The molecule has 1 heterocycles. The van der Waals surface area contributed by atoms with Crippen molar-refractivity contribution in [3.8, 4) is 5.75 Å². The van der Waals surface area contributed by atoms with E-state index in [9.17, 15) is 14.4 Å². The van der Waals surface area contributed by atoms with Crippen LogP contribution in [0.15, 0.2) is 48.5 Å². The summed E-state index contributed by atoms with van der Waals surface area (Å²) < 4.78 is 5.16. The zero-order valence-electron chi connectivity index (χ0n) is 18.6. The molecule has 164 valence electrons. The van der Waals surface area contributed by atoms with Crippen molar-refractivity contribution in [3.63, 3.8) is 0 Å². The number of imide groups is 1. The number of benzene rings is 2. The monoisotopic (exact) mass is 422 g/mol. The van der Waals surface area contributed by atoms with E-state index in [2.05, 4.69) is 19.2 Å². The Hall–Kier alpha value is -3.15. The highest BCUT2D eigenvalue weighted by Crippen LogP contribution is 2.25. The second-order valence-corrected chi connectivity index (χ2v) is 8.36. The van der Waals surface area contributed by atoms with Gasteiger partial charge in [-0.1, -0.05) is 50.2 Å². The van der Waals surface area contributed by atoms with Crippen LogP contribution >= 0.6 is 0 Å². The summed E-state index contributed by atoms with van der Waals surface area (Å²) in [6.45, 7) is 5.71. The van der Waals surface area contributed by atoms with Gasteiger partial charge < -0.3 is 10.1 Å². The lowest BCUT2D eigenvalue weighted by Crippen LogP contribution is -2.44. The Bertz CT molecular complexity index is 952. The molecule has 0 aliphatic carbocycles. The summed E-state index contributed by atoms with van der Waals surface area (Å²) >= 11 is 0. The summed E-state index contributed by atoms with van der Waals surface area (Å²) in [4.78, 5) is 39.2. The van der Waals surface area contributed by atoms with E-state index in [1.165, 1.54) is 5.56 Å². The van der Waals surface area contributed by atoms with E-state index >= 15 is 0 Å². The first kappa shape index (κ1) is 22.5. The molecular formula is C25H30N2O4. The Morgan fingerprint density at radius 1 is 1.10 bits per heavy atom. The Balaban J connectivity index is 1.64. The molecular weight excluding hydrogens is 392 g/mol. The number of amides is 3. The number of carbonyl (C=O) groups excluding carboxylic acids is 3. The predicted octanol–water partition coefficient (Wildman–Crippen LogP) is 4.33. The summed E-state index contributed by atoms with van der Waals surface area (Å²) in [5.74, 6) is 0.567. The molecule has 6 heteroatoms. The van der Waals surface area contributed by atoms with Crippen LogP contribution in [0.2, 0.25) is 0 Å². The number of Topliss-reactive ketones (excluding diaryl/α,β-unsaturated/α-hetero) is 1. The van der Waals surface area contributed by atoms with Crippen LogP contribution < -0.4 is 10.1 Å². The van der Waals surface area contributed by atoms with E-state index in [1.54, 1.807) is 26.2 Å². The van der Waals surface area contributed by atoms with Crippen LogP contribution in [0.5, 0.6) is 5.75 Å². The summed E-state index contributed by atoms with van der Waals surface area (Å²) in [5.41, 5.74) is 1.68. The standard InChI is InChI=1S/C25H30N2O4/c1-5-17(2)19-8-10-20(11-9-19)22(28)16-27-23(29)25(3,26-24(27)30)15-14-18-6-12-21(31-4)13-7-18/h6-13,17H,5,14-16H2,1-4H3,(H,26,30)/t17-,25-/m1/s1. The van der Waals surface area contributed by atoms with Gasteiger partial charge in [-0.2, -0.15) is 0 Å². The number of hydrogen-bond acceptors (Lipinski definition) is 4. The SMILES string of the molecule is CC[C@@H](C)c1ccc(C(=O)CN2C(=O)N[C@](C)(CCc3ccc(OC)cc3)C2=O)cc1. The number of ketones is 1. The summed E-state index contributed by atoms with van der Waals surface area (Å²) in [7, 11) is 1.61. The van der Waals surface area contributed by atoms with Gasteiger partial charge in [0.25, 0.3) is 5.91 Å². The van der Waals surface area contributed by atoms with Crippen molar-refractivity contribution in [1.29, 1.82) is 0 Å². The molecule has 2 aromatic carbocycles. The molecule has 31 heavy (non-hydrogen) atoms.